The molecule has 0 fully saturated rings. The van der Waals surface area contributed by atoms with Crippen LogP contribution < -0.4 is 5.32 Å². The zero-order valence-corrected chi connectivity index (χ0v) is 11.0. The molecule has 0 saturated carbocycles. The molecule has 94 valence electrons. The van der Waals surface area contributed by atoms with Crippen molar-refractivity contribution in [3.63, 3.8) is 0 Å². The zero-order valence-electron chi connectivity index (χ0n) is 11.0. The highest BCUT2D eigenvalue weighted by Crippen LogP contribution is 2.20. The fraction of sp³-hybridized carbons (Fsp3) is 0.294. The van der Waals surface area contributed by atoms with Crippen molar-refractivity contribution >= 4 is 5.69 Å². The van der Waals surface area contributed by atoms with Gasteiger partial charge in [0, 0.05) is 12.2 Å². The molecule has 0 aliphatic carbocycles. The normalized spacial score (nSPS) is 10.3. The molecule has 0 aliphatic heterocycles. The van der Waals surface area contributed by atoms with Crippen LogP contribution in [-0.2, 0) is 0 Å². The van der Waals surface area contributed by atoms with E-state index in [0.717, 1.165) is 6.54 Å². The van der Waals surface area contributed by atoms with E-state index in [1.54, 1.807) is 0 Å². The van der Waals surface area contributed by atoms with Crippen LogP contribution in [0, 0.1) is 0 Å². The average molecular weight is 239 g/mol. The number of benzene rings is 2. The molecule has 1 nitrogen and oxygen atoms in total. The lowest BCUT2D eigenvalue weighted by molar-refractivity contribution is 0.744. The summed E-state index contributed by atoms with van der Waals surface area (Å²) < 4.78 is 0. The molecule has 0 amide bonds. The van der Waals surface area contributed by atoms with Crippen molar-refractivity contribution in [1.82, 2.24) is 0 Å². The van der Waals surface area contributed by atoms with E-state index in [1.807, 2.05) is 6.07 Å². The van der Waals surface area contributed by atoms with E-state index in [4.69, 9.17) is 0 Å². The van der Waals surface area contributed by atoms with Crippen LogP contribution in [0.25, 0.3) is 11.1 Å². The van der Waals surface area contributed by atoms with E-state index >= 15 is 0 Å². The van der Waals surface area contributed by atoms with Gasteiger partial charge in [0.2, 0.25) is 0 Å². The second-order valence-corrected chi connectivity index (χ2v) is 4.58. The van der Waals surface area contributed by atoms with E-state index in [9.17, 15) is 0 Å². The average Bonchev–Trinajstić information content (AvgIpc) is 2.45. The van der Waals surface area contributed by atoms with E-state index < -0.39 is 0 Å². The summed E-state index contributed by atoms with van der Waals surface area (Å²) in [5.74, 6) is 0. The Kier molecular flexibility index (Phi) is 4.83. The molecule has 0 aromatic heterocycles. The van der Waals surface area contributed by atoms with Crippen molar-refractivity contribution < 1.29 is 0 Å². The molecule has 1 heteroatoms. The number of nitrogens with one attached hydrogen (secondary N) is 1. The Bertz CT molecular complexity index is 445. The Balaban J connectivity index is 1.94. The van der Waals surface area contributed by atoms with Gasteiger partial charge in [0.15, 0.2) is 0 Å². The summed E-state index contributed by atoms with van der Waals surface area (Å²) in [4.78, 5) is 0. The molecule has 0 spiro atoms. The van der Waals surface area contributed by atoms with Crippen molar-refractivity contribution in [1.29, 1.82) is 0 Å². The van der Waals surface area contributed by atoms with Crippen LogP contribution in [0.4, 0.5) is 5.69 Å². The zero-order chi connectivity index (χ0) is 12.6. The lowest BCUT2D eigenvalue weighted by atomic mass is 10.1. The Morgan fingerprint density at radius 1 is 0.778 bits per heavy atom. The van der Waals surface area contributed by atoms with E-state index in [-0.39, 0.29) is 0 Å². The predicted octanol–water partition coefficient (Wildman–Crippen LogP) is 4.96. The van der Waals surface area contributed by atoms with E-state index in [1.165, 1.54) is 36.1 Å². The lowest BCUT2D eigenvalue weighted by Gasteiger charge is -2.07. The Labute approximate surface area is 110 Å². The van der Waals surface area contributed by atoms with Crippen LogP contribution >= 0.6 is 0 Å². The Morgan fingerprint density at radius 3 is 2.11 bits per heavy atom. The standard InChI is InChI=1S/C17H21N/c1-2-3-7-14-18-17-12-10-16(11-13-17)15-8-5-4-6-9-15/h4-6,8-13,18H,2-3,7,14H2,1H3. The summed E-state index contributed by atoms with van der Waals surface area (Å²) in [6, 6.07) is 19.2. The minimum atomic E-state index is 1.07. The molecule has 0 atom stereocenters. The van der Waals surface area contributed by atoms with Crippen LogP contribution in [0.15, 0.2) is 54.6 Å². The molecular weight excluding hydrogens is 218 g/mol. The van der Waals surface area contributed by atoms with Gasteiger partial charge < -0.3 is 5.32 Å². The number of hydrogen-bond acceptors (Lipinski definition) is 1. The molecule has 2 rings (SSSR count). The second-order valence-electron chi connectivity index (χ2n) is 4.58. The molecule has 1 N–H and O–H groups in total. The third-order valence-corrected chi connectivity index (χ3v) is 3.10. The maximum atomic E-state index is 3.46. The molecule has 2 aromatic rings. The van der Waals surface area contributed by atoms with E-state index in [0.29, 0.717) is 0 Å². The molecule has 0 bridgehead atoms. The van der Waals surface area contributed by atoms with Crippen molar-refractivity contribution in [3.05, 3.63) is 54.6 Å². The molecule has 0 saturated heterocycles. The van der Waals surface area contributed by atoms with Gasteiger partial charge in [-0.1, -0.05) is 62.2 Å². The fourth-order valence-corrected chi connectivity index (χ4v) is 2.02. The quantitative estimate of drug-likeness (QED) is 0.703. The highest BCUT2D eigenvalue weighted by molar-refractivity contribution is 5.65. The van der Waals surface area contributed by atoms with Crippen LogP contribution in [0.1, 0.15) is 26.2 Å². The number of unbranched alkanes of at least 4 members (excludes halogenated alkanes) is 2. The summed E-state index contributed by atoms with van der Waals surface area (Å²) >= 11 is 0. The lowest BCUT2D eigenvalue weighted by Crippen LogP contribution is -2.00. The topological polar surface area (TPSA) is 12.0 Å². The van der Waals surface area contributed by atoms with Crippen LogP contribution in [0.5, 0.6) is 0 Å². The van der Waals surface area contributed by atoms with Gasteiger partial charge >= 0.3 is 0 Å². The molecule has 18 heavy (non-hydrogen) atoms. The predicted molar refractivity (Wildman–Crippen MR) is 79.9 cm³/mol. The first kappa shape index (κ1) is 12.7. The van der Waals surface area contributed by atoms with Crippen LogP contribution in [0.2, 0.25) is 0 Å². The van der Waals surface area contributed by atoms with Crippen LogP contribution in [-0.4, -0.2) is 6.54 Å². The number of anilines is 1. The van der Waals surface area contributed by atoms with Crippen molar-refractivity contribution in [2.24, 2.45) is 0 Å². The third kappa shape index (κ3) is 3.63. The van der Waals surface area contributed by atoms with Crippen molar-refractivity contribution in [3.8, 4) is 11.1 Å². The molecule has 0 aliphatic rings. The maximum absolute atomic E-state index is 3.46. The Hall–Kier alpha value is -1.76. The summed E-state index contributed by atoms with van der Waals surface area (Å²) in [5.41, 5.74) is 3.76. The minimum Gasteiger partial charge on any atom is -0.385 e. The first-order valence-electron chi connectivity index (χ1n) is 6.79. The Morgan fingerprint density at radius 2 is 1.44 bits per heavy atom. The smallest absolute Gasteiger partial charge is 0.0340 e. The largest absolute Gasteiger partial charge is 0.385 e. The minimum absolute atomic E-state index is 1.07. The summed E-state index contributed by atoms with van der Waals surface area (Å²) in [5, 5.41) is 3.46. The van der Waals surface area contributed by atoms with Gasteiger partial charge in [-0.3, -0.25) is 0 Å². The van der Waals surface area contributed by atoms with Crippen molar-refractivity contribution in [2.75, 3.05) is 11.9 Å². The molecule has 0 radical (unpaired) electrons. The van der Waals surface area contributed by atoms with Gasteiger partial charge in [-0.05, 0) is 29.7 Å². The molecule has 0 unspecified atom stereocenters. The van der Waals surface area contributed by atoms with Crippen LogP contribution in [0.3, 0.4) is 0 Å². The van der Waals surface area contributed by atoms with Crippen molar-refractivity contribution in [2.45, 2.75) is 26.2 Å². The maximum Gasteiger partial charge on any atom is 0.0340 e. The number of rotatable bonds is 6. The van der Waals surface area contributed by atoms with Gasteiger partial charge in [0.05, 0.1) is 0 Å². The fourth-order valence-electron chi connectivity index (χ4n) is 2.02. The van der Waals surface area contributed by atoms with E-state index in [2.05, 4.69) is 60.8 Å². The van der Waals surface area contributed by atoms with Gasteiger partial charge in [0.25, 0.3) is 0 Å². The first-order chi connectivity index (χ1) is 8.90. The van der Waals surface area contributed by atoms with Gasteiger partial charge in [-0.15, -0.1) is 0 Å². The second kappa shape index (κ2) is 6.85. The summed E-state index contributed by atoms with van der Waals surface area (Å²) in [6.45, 7) is 3.30. The number of hydrogen-bond donors (Lipinski definition) is 1. The summed E-state index contributed by atoms with van der Waals surface area (Å²) in [7, 11) is 0. The van der Waals surface area contributed by atoms with Gasteiger partial charge in [-0.2, -0.15) is 0 Å². The molecule has 0 heterocycles. The van der Waals surface area contributed by atoms with Gasteiger partial charge in [0.1, 0.15) is 0 Å². The highest BCUT2D eigenvalue weighted by Gasteiger charge is 1.96. The molecular formula is C17H21N. The highest BCUT2D eigenvalue weighted by atomic mass is 14.9. The monoisotopic (exact) mass is 239 g/mol. The summed E-state index contributed by atoms with van der Waals surface area (Å²) in [6.07, 6.45) is 3.82. The SMILES string of the molecule is CCCCCNc1ccc(-c2ccccc2)cc1. The van der Waals surface area contributed by atoms with Gasteiger partial charge in [-0.25, -0.2) is 0 Å². The third-order valence-electron chi connectivity index (χ3n) is 3.10. The first-order valence-corrected chi connectivity index (χ1v) is 6.79. The molecule has 2 aromatic carbocycles.